The molecule has 6 heteroatoms. The summed E-state index contributed by atoms with van der Waals surface area (Å²) in [5.74, 6) is 1.83. The van der Waals surface area contributed by atoms with Crippen molar-refractivity contribution < 1.29 is 4.42 Å². The topological polar surface area (TPSA) is 61.2 Å². The van der Waals surface area contributed by atoms with Crippen LogP contribution in [0.3, 0.4) is 0 Å². The Hall–Kier alpha value is -7.83. The normalized spacial score (nSPS) is 12.2. The molecular weight excluding hydrogens is 699 g/mol. The summed E-state index contributed by atoms with van der Waals surface area (Å²) < 4.78 is 11.8. The number of hydrogen-bond donors (Lipinski definition) is 0. The van der Waals surface area contributed by atoms with Crippen LogP contribution in [0.1, 0.15) is 0 Å². The van der Waals surface area contributed by atoms with E-state index in [-0.39, 0.29) is 0 Å². The van der Waals surface area contributed by atoms with Gasteiger partial charge in [-0.1, -0.05) is 133 Å². The molecule has 0 bridgehead atoms. The minimum atomic E-state index is 0.591. The number of fused-ring (bicyclic) bond motifs is 13. The van der Waals surface area contributed by atoms with Gasteiger partial charge in [-0.3, -0.25) is 0 Å². The number of furan rings is 1. The van der Waals surface area contributed by atoms with Crippen LogP contribution in [0.5, 0.6) is 0 Å². The van der Waals surface area contributed by atoms with Crippen molar-refractivity contribution in [2.24, 2.45) is 0 Å². The molecule has 13 rings (SSSR count). The van der Waals surface area contributed by atoms with E-state index in [2.05, 4.69) is 112 Å². The van der Waals surface area contributed by atoms with E-state index >= 15 is 0 Å². The summed E-state index contributed by atoms with van der Waals surface area (Å²) in [5.41, 5.74) is 11.2. The molecule has 0 spiro atoms. The Morgan fingerprint density at radius 2 is 0.947 bits per heavy atom. The summed E-state index contributed by atoms with van der Waals surface area (Å²) in [6, 6.07) is 61.6. The van der Waals surface area contributed by atoms with Crippen molar-refractivity contribution in [1.82, 2.24) is 23.9 Å². The molecule has 0 saturated carbocycles. The monoisotopic (exact) mass is 727 g/mol. The number of para-hydroxylation sites is 4. The zero-order valence-electron chi connectivity index (χ0n) is 30.4. The summed E-state index contributed by atoms with van der Waals surface area (Å²) in [6.07, 6.45) is 0. The Morgan fingerprint density at radius 3 is 1.72 bits per heavy atom. The molecule has 0 fully saturated rings. The largest absolute Gasteiger partial charge is 0.454 e. The molecule has 57 heavy (non-hydrogen) atoms. The van der Waals surface area contributed by atoms with Gasteiger partial charge >= 0.3 is 0 Å². The molecule has 0 aliphatic carbocycles. The molecule has 0 atom stereocenters. The number of aromatic nitrogens is 5. The van der Waals surface area contributed by atoms with E-state index < -0.39 is 0 Å². The van der Waals surface area contributed by atoms with Gasteiger partial charge in [-0.15, -0.1) is 0 Å². The summed E-state index contributed by atoms with van der Waals surface area (Å²) in [5, 5.41) is 9.47. The highest BCUT2D eigenvalue weighted by Gasteiger charge is 2.25. The summed E-state index contributed by atoms with van der Waals surface area (Å²) in [4.78, 5) is 15.3. The molecule has 8 aromatic carbocycles. The first kappa shape index (κ1) is 30.5. The highest BCUT2D eigenvalue weighted by Crippen LogP contribution is 2.47. The molecule has 0 aliphatic rings. The average Bonchev–Trinajstić information content (AvgIpc) is 4.03. The molecule has 0 unspecified atom stereocenters. The van der Waals surface area contributed by atoms with Crippen LogP contribution in [0.15, 0.2) is 180 Å². The zero-order valence-corrected chi connectivity index (χ0v) is 30.4. The third kappa shape index (κ3) is 4.16. The van der Waals surface area contributed by atoms with Gasteiger partial charge in [0.1, 0.15) is 5.58 Å². The highest BCUT2D eigenvalue weighted by molar-refractivity contribution is 6.33. The van der Waals surface area contributed by atoms with Crippen LogP contribution in [0.25, 0.3) is 122 Å². The number of hydrogen-bond acceptors (Lipinski definition) is 4. The van der Waals surface area contributed by atoms with Gasteiger partial charge in [0.2, 0.25) is 0 Å². The molecule has 0 aliphatic heterocycles. The minimum Gasteiger partial charge on any atom is -0.454 e. The predicted octanol–water partition coefficient (Wildman–Crippen LogP) is 13.0. The van der Waals surface area contributed by atoms with Gasteiger partial charge in [0.15, 0.2) is 23.1 Å². The molecular formula is C51H29N5O. The quantitative estimate of drug-likeness (QED) is 0.181. The molecule has 5 heterocycles. The van der Waals surface area contributed by atoms with E-state index in [1.54, 1.807) is 0 Å². The van der Waals surface area contributed by atoms with Crippen molar-refractivity contribution in [1.29, 1.82) is 0 Å². The Kier molecular flexibility index (Phi) is 6.07. The highest BCUT2D eigenvalue weighted by atomic mass is 16.3. The van der Waals surface area contributed by atoms with E-state index in [0.717, 1.165) is 55.3 Å². The fourth-order valence-electron chi connectivity index (χ4n) is 9.34. The lowest BCUT2D eigenvalue weighted by Crippen LogP contribution is -2.01. The lowest BCUT2D eigenvalue weighted by atomic mass is 10.0. The molecule has 5 aromatic heterocycles. The van der Waals surface area contributed by atoms with Gasteiger partial charge in [-0.2, -0.15) is 0 Å². The Labute approximate surface area is 324 Å². The molecule has 0 saturated heterocycles. The Bertz CT molecular complexity index is 3690. The second kappa shape index (κ2) is 11.4. The molecule has 6 nitrogen and oxygen atoms in total. The van der Waals surface area contributed by atoms with Crippen LogP contribution >= 0.6 is 0 Å². The van der Waals surface area contributed by atoms with Gasteiger partial charge in [-0.25, -0.2) is 15.0 Å². The van der Waals surface area contributed by atoms with Crippen LogP contribution in [0, 0.1) is 0 Å². The maximum absolute atomic E-state index is 6.93. The molecule has 0 radical (unpaired) electrons. The summed E-state index contributed by atoms with van der Waals surface area (Å²) in [6.45, 7) is 0. The second-order valence-corrected chi connectivity index (χ2v) is 14.7. The summed E-state index contributed by atoms with van der Waals surface area (Å²) >= 11 is 0. The van der Waals surface area contributed by atoms with Crippen molar-refractivity contribution in [2.75, 3.05) is 0 Å². The van der Waals surface area contributed by atoms with Gasteiger partial charge in [0, 0.05) is 59.8 Å². The maximum Gasteiger partial charge on any atom is 0.164 e. The van der Waals surface area contributed by atoms with Crippen molar-refractivity contribution in [3.05, 3.63) is 176 Å². The van der Waals surface area contributed by atoms with Gasteiger partial charge in [0.05, 0.1) is 33.3 Å². The van der Waals surface area contributed by atoms with Crippen molar-refractivity contribution >= 4 is 81.8 Å². The fourth-order valence-corrected chi connectivity index (χ4v) is 9.34. The van der Waals surface area contributed by atoms with E-state index in [4.69, 9.17) is 19.4 Å². The van der Waals surface area contributed by atoms with Crippen LogP contribution in [-0.2, 0) is 0 Å². The lowest BCUT2D eigenvalue weighted by molar-refractivity contribution is 0.666. The van der Waals surface area contributed by atoms with Crippen LogP contribution in [-0.4, -0.2) is 23.9 Å². The Balaban J connectivity index is 1.13. The van der Waals surface area contributed by atoms with E-state index in [9.17, 15) is 0 Å². The van der Waals surface area contributed by atoms with Crippen molar-refractivity contribution in [3.63, 3.8) is 0 Å². The van der Waals surface area contributed by atoms with Crippen LogP contribution in [0.2, 0.25) is 0 Å². The summed E-state index contributed by atoms with van der Waals surface area (Å²) in [7, 11) is 0. The first-order valence-corrected chi connectivity index (χ1v) is 19.2. The fraction of sp³-hybridized carbons (Fsp3) is 0. The molecule has 13 aromatic rings. The van der Waals surface area contributed by atoms with E-state index in [1.165, 1.54) is 48.9 Å². The van der Waals surface area contributed by atoms with Gasteiger partial charge in [0.25, 0.3) is 0 Å². The van der Waals surface area contributed by atoms with Crippen LogP contribution in [0.4, 0.5) is 0 Å². The third-order valence-electron chi connectivity index (χ3n) is 11.7. The van der Waals surface area contributed by atoms with E-state index in [1.807, 2.05) is 72.8 Å². The number of nitrogens with zero attached hydrogens (tertiary/aromatic N) is 5. The first-order valence-electron chi connectivity index (χ1n) is 19.2. The maximum atomic E-state index is 6.93. The predicted molar refractivity (Wildman–Crippen MR) is 232 cm³/mol. The molecule has 0 N–H and O–H groups in total. The van der Waals surface area contributed by atoms with E-state index in [0.29, 0.717) is 17.5 Å². The van der Waals surface area contributed by atoms with Gasteiger partial charge < -0.3 is 13.4 Å². The van der Waals surface area contributed by atoms with Crippen LogP contribution < -0.4 is 0 Å². The van der Waals surface area contributed by atoms with Crippen molar-refractivity contribution in [2.45, 2.75) is 0 Å². The third-order valence-corrected chi connectivity index (χ3v) is 11.7. The Morgan fingerprint density at radius 1 is 0.368 bits per heavy atom. The lowest BCUT2D eigenvalue weighted by Gasteiger charge is -2.12. The number of benzene rings is 8. The second-order valence-electron chi connectivity index (χ2n) is 14.7. The molecule has 264 valence electrons. The average molecular weight is 728 g/mol. The van der Waals surface area contributed by atoms with Gasteiger partial charge in [-0.05, 0) is 42.5 Å². The number of rotatable bonds is 4. The smallest absolute Gasteiger partial charge is 0.164 e. The first-order chi connectivity index (χ1) is 28.3. The SMILES string of the molecule is c1ccc(-c2nc(-c3ccccc3)nc(-c3ccc(-n4c5ccccc5c5c6c7cccc8c9ccccc9n(c6ccc54)c87)c4oc5ccccc5c34)n2)cc1. The minimum absolute atomic E-state index is 0.591. The zero-order chi connectivity index (χ0) is 37.2. The van der Waals surface area contributed by atoms with Crippen molar-refractivity contribution in [3.8, 4) is 39.9 Å². The molecule has 0 amide bonds. The standard InChI is InChI=1S/C51H29N5O/c1-3-14-30(15-4-1)49-52-50(31-16-5-2-6-17-31)54-51(53-49)37-26-27-42(48-44(37)35-20-9-12-25-43(35)57-48)55-39-24-11-8-19-34(39)45-40(55)28-29-41-46(45)36-22-13-21-33-32-18-7-10-23-38(32)56(41)47(33)36/h1-29H.